The van der Waals surface area contributed by atoms with Crippen molar-refractivity contribution in [1.82, 2.24) is 9.97 Å². The summed E-state index contributed by atoms with van der Waals surface area (Å²) >= 11 is 0. The molecule has 28 heavy (non-hydrogen) atoms. The third-order valence-corrected chi connectivity index (χ3v) is 4.16. The highest BCUT2D eigenvalue weighted by molar-refractivity contribution is 6.02. The number of nitrogens with zero attached hydrogens (tertiary/aromatic N) is 2. The Hall–Kier alpha value is -4.00. The number of anilines is 1. The highest BCUT2D eigenvalue weighted by Gasteiger charge is 2.10. The summed E-state index contributed by atoms with van der Waals surface area (Å²) in [7, 11) is 1.54. The second-order valence-electron chi connectivity index (χ2n) is 5.96. The molecule has 2 aromatic heterocycles. The van der Waals surface area contributed by atoms with E-state index in [9.17, 15) is 9.59 Å². The number of carbonyl (C=O) groups is 1. The maximum Gasteiger partial charge on any atom is 0.275 e. The van der Waals surface area contributed by atoms with Crippen molar-refractivity contribution in [3.8, 4) is 17.1 Å². The summed E-state index contributed by atoms with van der Waals surface area (Å²) in [5.41, 5.74) is 1.85. The van der Waals surface area contributed by atoms with E-state index in [0.29, 0.717) is 33.7 Å². The molecule has 4 aromatic rings. The van der Waals surface area contributed by atoms with Crippen LogP contribution in [0.1, 0.15) is 10.5 Å². The standard InChI is InChI=1S/C21H15N3O4/c1-27-15-6-7-19-16(10-15)18(25)11-20(28-19)13-2-4-14(5-3-13)24-21(26)17-12-22-8-9-23-17/h2-12H,1H3,(H,24,26). The molecule has 0 bridgehead atoms. The van der Waals surface area contributed by atoms with Gasteiger partial charge in [-0.2, -0.15) is 0 Å². The fourth-order valence-electron chi connectivity index (χ4n) is 2.73. The van der Waals surface area contributed by atoms with Gasteiger partial charge in [-0.25, -0.2) is 4.98 Å². The van der Waals surface area contributed by atoms with E-state index < -0.39 is 0 Å². The van der Waals surface area contributed by atoms with Gasteiger partial charge in [0.1, 0.15) is 22.8 Å². The molecule has 2 heterocycles. The number of ether oxygens (including phenoxy) is 1. The summed E-state index contributed by atoms with van der Waals surface area (Å²) in [5, 5.41) is 3.20. The number of methoxy groups -OCH3 is 1. The Balaban J connectivity index is 1.60. The van der Waals surface area contributed by atoms with Gasteiger partial charge in [-0.1, -0.05) is 0 Å². The van der Waals surface area contributed by atoms with Gasteiger partial charge in [0.15, 0.2) is 5.43 Å². The van der Waals surface area contributed by atoms with E-state index in [1.54, 1.807) is 49.6 Å². The van der Waals surface area contributed by atoms with Crippen LogP contribution in [0.4, 0.5) is 5.69 Å². The molecule has 7 nitrogen and oxygen atoms in total. The second kappa shape index (κ2) is 7.32. The monoisotopic (exact) mass is 373 g/mol. The molecule has 0 saturated heterocycles. The van der Waals surface area contributed by atoms with Crippen LogP contribution in [-0.4, -0.2) is 23.0 Å². The lowest BCUT2D eigenvalue weighted by atomic mass is 10.1. The summed E-state index contributed by atoms with van der Waals surface area (Å²) < 4.78 is 11.0. The minimum absolute atomic E-state index is 0.157. The van der Waals surface area contributed by atoms with E-state index in [1.807, 2.05) is 0 Å². The fraction of sp³-hybridized carbons (Fsp3) is 0.0476. The van der Waals surface area contributed by atoms with Crippen LogP contribution in [0.15, 0.2) is 76.3 Å². The zero-order valence-electron chi connectivity index (χ0n) is 14.9. The van der Waals surface area contributed by atoms with Crippen molar-refractivity contribution >= 4 is 22.6 Å². The van der Waals surface area contributed by atoms with Gasteiger partial charge >= 0.3 is 0 Å². The number of fused-ring (bicyclic) bond motifs is 1. The molecule has 0 aliphatic heterocycles. The molecule has 4 rings (SSSR count). The lowest BCUT2D eigenvalue weighted by Crippen LogP contribution is -2.13. The molecule has 7 heteroatoms. The minimum atomic E-state index is -0.355. The summed E-state index contributed by atoms with van der Waals surface area (Å²) in [6.45, 7) is 0. The molecule has 0 aliphatic rings. The summed E-state index contributed by atoms with van der Waals surface area (Å²) in [4.78, 5) is 32.4. The number of aromatic nitrogens is 2. The Kier molecular flexibility index (Phi) is 4.55. The quantitative estimate of drug-likeness (QED) is 0.588. The predicted octanol–water partition coefficient (Wildman–Crippen LogP) is 3.51. The Morgan fingerprint density at radius 1 is 1.07 bits per heavy atom. The molecule has 0 saturated carbocycles. The summed E-state index contributed by atoms with van der Waals surface area (Å²) in [6, 6.07) is 13.5. The third-order valence-electron chi connectivity index (χ3n) is 4.16. The lowest BCUT2D eigenvalue weighted by molar-refractivity contribution is 0.102. The van der Waals surface area contributed by atoms with Crippen molar-refractivity contribution in [3.63, 3.8) is 0 Å². The molecular weight excluding hydrogens is 358 g/mol. The van der Waals surface area contributed by atoms with Crippen molar-refractivity contribution in [2.45, 2.75) is 0 Å². The SMILES string of the molecule is COc1ccc2oc(-c3ccc(NC(=O)c4cnccn4)cc3)cc(=O)c2c1. The van der Waals surface area contributed by atoms with Gasteiger partial charge in [-0.15, -0.1) is 0 Å². The molecule has 0 fully saturated rings. The van der Waals surface area contributed by atoms with Gasteiger partial charge in [0.25, 0.3) is 5.91 Å². The van der Waals surface area contributed by atoms with Gasteiger partial charge < -0.3 is 14.5 Å². The molecule has 0 spiro atoms. The normalized spacial score (nSPS) is 10.6. The fourth-order valence-corrected chi connectivity index (χ4v) is 2.73. The maximum atomic E-state index is 12.4. The number of hydrogen-bond donors (Lipinski definition) is 1. The first-order valence-electron chi connectivity index (χ1n) is 8.44. The van der Waals surface area contributed by atoms with Crippen LogP contribution in [-0.2, 0) is 0 Å². The first-order chi connectivity index (χ1) is 13.6. The van der Waals surface area contributed by atoms with Crippen molar-refractivity contribution < 1.29 is 13.9 Å². The zero-order chi connectivity index (χ0) is 19.5. The molecule has 0 unspecified atom stereocenters. The summed E-state index contributed by atoms with van der Waals surface area (Å²) in [5.74, 6) is 0.678. The van der Waals surface area contributed by atoms with Gasteiger partial charge in [0, 0.05) is 29.7 Å². The minimum Gasteiger partial charge on any atom is -0.497 e. The van der Waals surface area contributed by atoms with Crippen LogP contribution < -0.4 is 15.5 Å². The Morgan fingerprint density at radius 3 is 2.61 bits per heavy atom. The van der Waals surface area contributed by atoms with Crippen LogP contribution in [0.3, 0.4) is 0 Å². The van der Waals surface area contributed by atoms with Crippen molar-refractivity contribution in [3.05, 3.63) is 83.0 Å². The van der Waals surface area contributed by atoms with Crippen molar-refractivity contribution in [2.75, 3.05) is 12.4 Å². The number of hydrogen-bond acceptors (Lipinski definition) is 6. The lowest BCUT2D eigenvalue weighted by Gasteiger charge is -2.07. The van der Waals surface area contributed by atoms with Gasteiger partial charge in [-0.05, 0) is 42.5 Å². The van der Waals surface area contributed by atoms with Crippen LogP contribution >= 0.6 is 0 Å². The average molecular weight is 373 g/mol. The highest BCUT2D eigenvalue weighted by Crippen LogP contribution is 2.25. The van der Waals surface area contributed by atoms with Crippen molar-refractivity contribution in [2.24, 2.45) is 0 Å². The molecule has 2 aromatic carbocycles. The first kappa shape index (κ1) is 17.4. The van der Waals surface area contributed by atoms with Crippen LogP contribution in [0.2, 0.25) is 0 Å². The van der Waals surface area contributed by atoms with E-state index in [0.717, 1.165) is 0 Å². The number of nitrogens with one attached hydrogen (secondary N) is 1. The molecule has 0 radical (unpaired) electrons. The van der Waals surface area contributed by atoms with E-state index in [-0.39, 0.29) is 17.0 Å². The number of amides is 1. The first-order valence-corrected chi connectivity index (χ1v) is 8.44. The zero-order valence-corrected chi connectivity index (χ0v) is 14.9. The highest BCUT2D eigenvalue weighted by atomic mass is 16.5. The topological polar surface area (TPSA) is 94.3 Å². The Labute approximate surface area is 159 Å². The number of carbonyl (C=O) groups excluding carboxylic acids is 1. The van der Waals surface area contributed by atoms with Crippen LogP contribution in [0.5, 0.6) is 5.75 Å². The number of rotatable bonds is 4. The Morgan fingerprint density at radius 2 is 1.89 bits per heavy atom. The van der Waals surface area contributed by atoms with E-state index in [4.69, 9.17) is 9.15 Å². The molecule has 0 aliphatic carbocycles. The molecule has 0 atom stereocenters. The van der Waals surface area contributed by atoms with E-state index in [1.165, 1.54) is 24.7 Å². The van der Waals surface area contributed by atoms with Crippen LogP contribution in [0, 0.1) is 0 Å². The second-order valence-corrected chi connectivity index (χ2v) is 5.96. The smallest absolute Gasteiger partial charge is 0.275 e. The van der Waals surface area contributed by atoms with Gasteiger partial charge in [0.2, 0.25) is 0 Å². The van der Waals surface area contributed by atoms with Crippen molar-refractivity contribution in [1.29, 1.82) is 0 Å². The number of benzene rings is 2. The Bertz CT molecular complexity index is 1200. The maximum absolute atomic E-state index is 12.4. The van der Waals surface area contributed by atoms with E-state index in [2.05, 4.69) is 15.3 Å². The molecule has 138 valence electrons. The van der Waals surface area contributed by atoms with Gasteiger partial charge in [0.05, 0.1) is 18.7 Å². The molecule has 1 amide bonds. The van der Waals surface area contributed by atoms with E-state index >= 15 is 0 Å². The average Bonchev–Trinajstić information content (AvgIpc) is 2.74. The van der Waals surface area contributed by atoms with Gasteiger partial charge in [-0.3, -0.25) is 14.6 Å². The molecule has 1 N–H and O–H groups in total. The predicted molar refractivity (Wildman–Crippen MR) is 104 cm³/mol. The van der Waals surface area contributed by atoms with Crippen LogP contribution in [0.25, 0.3) is 22.3 Å². The summed E-state index contributed by atoms with van der Waals surface area (Å²) in [6.07, 6.45) is 4.34. The largest absolute Gasteiger partial charge is 0.497 e. The molecular formula is C21H15N3O4. The third kappa shape index (κ3) is 3.45.